The van der Waals surface area contributed by atoms with E-state index in [2.05, 4.69) is 71.2 Å². The van der Waals surface area contributed by atoms with Crippen LogP contribution in [-0.2, 0) is 6.54 Å². The molecule has 3 nitrogen and oxygen atoms in total. The second-order valence-corrected chi connectivity index (χ2v) is 5.28. The Balaban J connectivity index is 1.92. The normalized spacial score (nSPS) is 10.5. The smallest absolute Gasteiger partial charge is 0.0582 e. The number of aromatic nitrogens is 2. The largest absolute Gasteiger partial charge is 0.383 e. The molecular weight excluding hydrogens is 325 g/mol. The van der Waals surface area contributed by atoms with Gasteiger partial charge in [-0.05, 0) is 59.7 Å². The minimum atomic E-state index is 0.888. The van der Waals surface area contributed by atoms with Crippen LogP contribution in [0, 0.1) is 17.4 Å². The number of nitrogens with one attached hydrogen (secondary N) is 1. The highest BCUT2D eigenvalue weighted by Gasteiger charge is 2.00. The molecule has 0 aliphatic rings. The molecule has 17 heavy (non-hydrogen) atoms. The number of aryl methyl sites for hydroxylation is 1. The molecule has 4 heteroatoms. The maximum Gasteiger partial charge on any atom is 0.0582 e. The van der Waals surface area contributed by atoms with Crippen molar-refractivity contribution in [1.82, 2.24) is 9.78 Å². The van der Waals surface area contributed by atoms with Crippen molar-refractivity contribution >= 4 is 28.3 Å². The number of anilines is 1. The van der Waals surface area contributed by atoms with Gasteiger partial charge in [0, 0.05) is 22.0 Å². The first kappa shape index (κ1) is 12.4. The van der Waals surface area contributed by atoms with Crippen LogP contribution in [0.2, 0.25) is 0 Å². The third kappa shape index (κ3) is 3.21. The van der Waals surface area contributed by atoms with E-state index >= 15 is 0 Å². The van der Waals surface area contributed by atoms with Crippen molar-refractivity contribution in [2.45, 2.75) is 20.4 Å². The molecule has 0 saturated carbocycles. The fourth-order valence-corrected chi connectivity index (χ4v) is 2.19. The molecule has 0 unspecified atom stereocenters. The molecular formula is C13H16IN3. The molecule has 1 aromatic carbocycles. The van der Waals surface area contributed by atoms with Crippen LogP contribution < -0.4 is 5.32 Å². The Hall–Kier alpha value is -1.04. The van der Waals surface area contributed by atoms with Crippen LogP contribution in [0.3, 0.4) is 0 Å². The van der Waals surface area contributed by atoms with Crippen molar-refractivity contribution in [3.05, 3.63) is 45.3 Å². The lowest BCUT2D eigenvalue weighted by molar-refractivity contribution is 0.637. The molecule has 1 aromatic heterocycles. The van der Waals surface area contributed by atoms with Crippen LogP contribution >= 0.6 is 22.6 Å². The molecule has 1 heterocycles. The van der Waals surface area contributed by atoms with Gasteiger partial charge in [-0.25, -0.2) is 0 Å². The van der Waals surface area contributed by atoms with Crippen LogP contribution in [0.1, 0.15) is 11.1 Å². The molecule has 0 atom stereocenters. The third-order valence-electron chi connectivity index (χ3n) is 2.69. The number of hydrogen-bond acceptors (Lipinski definition) is 2. The Morgan fingerprint density at radius 1 is 1.35 bits per heavy atom. The fourth-order valence-electron chi connectivity index (χ4n) is 1.69. The number of nitrogens with zero attached hydrogens (tertiary/aromatic N) is 2. The van der Waals surface area contributed by atoms with Gasteiger partial charge in [0.1, 0.15) is 0 Å². The Kier molecular flexibility index (Phi) is 4.04. The van der Waals surface area contributed by atoms with E-state index in [0.717, 1.165) is 13.1 Å². The molecule has 1 N–H and O–H groups in total. The molecule has 0 aliphatic heterocycles. The number of benzene rings is 1. The van der Waals surface area contributed by atoms with Crippen molar-refractivity contribution in [2.24, 2.45) is 0 Å². The summed E-state index contributed by atoms with van der Waals surface area (Å²) < 4.78 is 3.26. The summed E-state index contributed by atoms with van der Waals surface area (Å²) in [5.41, 5.74) is 3.72. The third-order valence-corrected chi connectivity index (χ3v) is 3.86. The van der Waals surface area contributed by atoms with E-state index < -0.39 is 0 Å². The number of halogens is 1. The monoisotopic (exact) mass is 341 g/mol. The van der Waals surface area contributed by atoms with Crippen LogP contribution in [0.4, 0.5) is 5.69 Å². The zero-order valence-electron chi connectivity index (χ0n) is 10.1. The summed E-state index contributed by atoms with van der Waals surface area (Å²) in [5.74, 6) is 0. The van der Waals surface area contributed by atoms with Crippen molar-refractivity contribution < 1.29 is 0 Å². The Morgan fingerprint density at radius 2 is 2.18 bits per heavy atom. The van der Waals surface area contributed by atoms with Gasteiger partial charge in [-0.1, -0.05) is 6.07 Å². The highest BCUT2D eigenvalue weighted by Crippen LogP contribution is 2.19. The van der Waals surface area contributed by atoms with E-state index in [1.165, 1.54) is 20.4 Å². The Bertz CT molecular complexity index is 505. The second-order valence-electron chi connectivity index (χ2n) is 4.12. The standard InChI is InChI=1S/C13H16IN3/c1-10-8-16-17(9-10)7-6-15-13-5-3-4-12(14)11(13)2/h3-5,8-9,15H,6-7H2,1-2H3. The van der Waals surface area contributed by atoms with Crippen molar-refractivity contribution in [3.63, 3.8) is 0 Å². The van der Waals surface area contributed by atoms with Crippen LogP contribution in [-0.4, -0.2) is 16.3 Å². The first-order chi connectivity index (χ1) is 8.16. The molecule has 0 saturated heterocycles. The van der Waals surface area contributed by atoms with E-state index in [4.69, 9.17) is 0 Å². The Labute approximate surface area is 115 Å². The van der Waals surface area contributed by atoms with Gasteiger partial charge < -0.3 is 5.32 Å². The van der Waals surface area contributed by atoms with E-state index in [-0.39, 0.29) is 0 Å². The van der Waals surface area contributed by atoms with Crippen molar-refractivity contribution in [1.29, 1.82) is 0 Å². The second kappa shape index (κ2) is 5.53. The highest BCUT2D eigenvalue weighted by molar-refractivity contribution is 14.1. The van der Waals surface area contributed by atoms with E-state index in [0.29, 0.717) is 0 Å². The van der Waals surface area contributed by atoms with E-state index in [1.807, 2.05) is 10.9 Å². The van der Waals surface area contributed by atoms with Crippen LogP contribution in [0.5, 0.6) is 0 Å². The summed E-state index contributed by atoms with van der Waals surface area (Å²) in [5, 5.41) is 7.71. The zero-order valence-corrected chi connectivity index (χ0v) is 12.2. The molecule has 0 fully saturated rings. The SMILES string of the molecule is Cc1cnn(CCNc2cccc(I)c2C)c1. The molecule has 0 radical (unpaired) electrons. The van der Waals surface area contributed by atoms with Gasteiger partial charge in [-0.15, -0.1) is 0 Å². The van der Waals surface area contributed by atoms with Gasteiger partial charge in [-0.2, -0.15) is 5.10 Å². The van der Waals surface area contributed by atoms with Gasteiger partial charge in [0.25, 0.3) is 0 Å². The molecule has 2 rings (SSSR count). The fraction of sp³-hybridized carbons (Fsp3) is 0.308. The van der Waals surface area contributed by atoms with Gasteiger partial charge in [0.15, 0.2) is 0 Å². The van der Waals surface area contributed by atoms with Crippen LogP contribution in [0.15, 0.2) is 30.6 Å². The lowest BCUT2D eigenvalue weighted by Crippen LogP contribution is -2.11. The van der Waals surface area contributed by atoms with Gasteiger partial charge in [0.2, 0.25) is 0 Å². The molecule has 0 amide bonds. The molecule has 0 spiro atoms. The summed E-state index contributed by atoms with van der Waals surface area (Å²) in [6.45, 7) is 5.98. The number of rotatable bonds is 4. The maximum atomic E-state index is 4.26. The van der Waals surface area contributed by atoms with Crippen molar-refractivity contribution in [2.75, 3.05) is 11.9 Å². The summed E-state index contributed by atoms with van der Waals surface area (Å²) in [6, 6.07) is 6.32. The quantitative estimate of drug-likeness (QED) is 0.866. The molecule has 90 valence electrons. The predicted molar refractivity (Wildman–Crippen MR) is 79.3 cm³/mol. The summed E-state index contributed by atoms with van der Waals surface area (Å²) in [4.78, 5) is 0. The zero-order chi connectivity index (χ0) is 12.3. The first-order valence-electron chi connectivity index (χ1n) is 5.65. The van der Waals surface area contributed by atoms with E-state index in [9.17, 15) is 0 Å². The average molecular weight is 341 g/mol. The minimum absolute atomic E-state index is 0.888. The lowest BCUT2D eigenvalue weighted by atomic mass is 10.2. The summed E-state index contributed by atoms with van der Waals surface area (Å²) >= 11 is 2.36. The van der Waals surface area contributed by atoms with E-state index in [1.54, 1.807) is 0 Å². The van der Waals surface area contributed by atoms with Crippen LogP contribution in [0.25, 0.3) is 0 Å². The maximum absolute atomic E-state index is 4.26. The van der Waals surface area contributed by atoms with Gasteiger partial charge >= 0.3 is 0 Å². The molecule has 0 aliphatic carbocycles. The summed E-state index contributed by atoms with van der Waals surface area (Å²) in [7, 11) is 0. The average Bonchev–Trinajstić information content (AvgIpc) is 2.70. The number of hydrogen-bond donors (Lipinski definition) is 1. The molecule has 0 bridgehead atoms. The van der Waals surface area contributed by atoms with Gasteiger partial charge in [-0.3, -0.25) is 4.68 Å². The highest BCUT2D eigenvalue weighted by atomic mass is 127. The Morgan fingerprint density at radius 3 is 2.88 bits per heavy atom. The van der Waals surface area contributed by atoms with Gasteiger partial charge in [0.05, 0.1) is 12.7 Å². The predicted octanol–water partition coefficient (Wildman–Crippen LogP) is 3.22. The molecule has 2 aromatic rings. The topological polar surface area (TPSA) is 29.9 Å². The lowest BCUT2D eigenvalue weighted by Gasteiger charge is -2.10. The van der Waals surface area contributed by atoms with Crippen molar-refractivity contribution in [3.8, 4) is 0 Å². The first-order valence-corrected chi connectivity index (χ1v) is 6.73. The summed E-state index contributed by atoms with van der Waals surface area (Å²) in [6.07, 6.45) is 3.94. The minimum Gasteiger partial charge on any atom is -0.383 e.